The zero-order valence-electron chi connectivity index (χ0n) is 9.01. The van der Waals surface area contributed by atoms with Gasteiger partial charge in [-0.1, -0.05) is 6.08 Å². The Morgan fingerprint density at radius 2 is 2.38 bits per heavy atom. The highest BCUT2D eigenvalue weighted by Crippen LogP contribution is 2.13. The second-order valence-electron chi connectivity index (χ2n) is 3.62. The van der Waals surface area contributed by atoms with Crippen molar-refractivity contribution in [1.82, 2.24) is 5.32 Å². The summed E-state index contributed by atoms with van der Waals surface area (Å²) in [4.78, 5) is 11.1. The SMILES string of the molecule is C=CC[C@H]1C[C@H](COS(C)(=O)=O)OC(=O)N1. The molecule has 0 aromatic carbocycles. The molecule has 0 saturated carbocycles. The number of carbonyl (C=O) groups excluding carboxylic acids is 1. The van der Waals surface area contributed by atoms with Crippen molar-refractivity contribution in [3.05, 3.63) is 12.7 Å². The molecule has 1 N–H and O–H groups in total. The summed E-state index contributed by atoms with van der Waals surface area (Å²) in [7, 11) is -3.50. The molecule has 0 aliphatic carbocycles. The van der Waals surface area contributed by atoms with Gasteiger partial charge in [-0.15, -0.1) is 6.58 Å². The summed E-state index contributed by atoms with van der Waals surface area (Å²) in [6.45, 7) is 3.43. The lowest BCUT2D eigenvalue weighted by Gasteiger charge is -2.29. The molecule has 0 aromatic rings. The molecule has 16 heavy (non-hydrogen) atoms. The van der Waals surface area contributed by atoms with Crippen molar-refractivity contribution in [3.8, 4) is 0 Å². The van der Waals surface area contributed by atoms with Crippen molar-refractivity contribution in [2.75, 3.05) is 12.9 Å². The van der Waals surface area contributed by atoms with E-state index in [1.54, 1.807) is 6.08 Å². The Kier molecular flexibility index (Phi) is 4.31. The quantitative estimate of drug-likeness (QED) is 0.563. The van der Waals surface area contributed by atoms with E-state index in [0.29, 0.717) is 12.8 Å². The van der Waals surface area contributed by atoms with E-state index in [2.05, 4.69) is 16.1 Å². The van der Waals surface area contributed by atoms with Crippen LogP contribution in [-0.2, 0) is 19.0 Å². The number of ether oxygens (including phenoxy) is 1. The molecule has 0 aromatic heterocycles. The predicted molar refractivity (Wildman–Crippen MR) is 57.4 cm³/mol. The maximum Gasteiger partial charge on any atom is 0.407 e. The van der Waals surface area contributed by atoms with Gasteiger partial charge in [-0.2, -0.15) is 8.42 Å². The van der Waals surface area contributed by atoms with Gasteiger partial charge in [-0.25, -0.2) is 4.79 Å². The van der Waals surface area contributed by atoms with Crippen LogP contribution in [0.5, 0.6) is 0 Å². The molecule has 0 unspecified atom stereocenters. The molecule has 1 heterocycles. The summed E-state index contributed by atoms with van der Waals surface area (Å²) in [5.74, 6) is 0. The lowest BCUT2D eigenvalue weighted by Crippen LogP contribution is -2.46. The van der Waals surface area contributed by atoms with Gasteiger partial charge in [-0.05, 0) is 6.42 Å². The highest BCUT2D eigenvalue weighted by molar-refractivity contribution is 7.85. The molecule has 2 atom stereocenters. The minimum atomic E-state index is -3.50. The summed E-state index contributed by atoms with van der Waals surface area (Å²) < 4.78 is 31.0. The molecule has 1 rings (SSSR count). The van der Waals surface area contributed by atoms with Gasteiger partial charge in [0.15, 0.2) is 0 Å². The van der Waals surface area contributed by atoms with Gasteiger partial charge in [0.1, 0.15) is 12.7 Å². The van der Waals surface area contributed by atoms with Gasteiger partial charge in [0.25, 0.3) is 10.1 Å². The first-order valence-electron chi connectivity index (χ1n) is 4.83. The summed E-state index contributed by atoms with van der Waals surface area (Å²) >= 11 is 0. The van der Waals surface area contributed by atoms with Crippen molar-refractivity contribution >= 4 is 16.2 Å². The number of cyclic esters (lactones) is 1. The van der Waals surface area contributed by atoms with Gasteiger partial charge >= 0.3 is 6.09 Å². The van der Waals surface area contributed by atoms with Gasteiger partial charge in [0.05, 0.1) is 6.26 Å². The van der Waals surface area contributed by atoms with Crippen molar-refractivity contribution in [1.29, 1.82) is 0 Å². The molecule has 92 valence electrons. The average molecular weight is 249 g/mol. The molecule has 6 nitrogen and oxygen atoms in total. The maximum atomic E-state index is 11.1. The molecule has 1 saturated heterocycles. The Labute approximate surface area is 94.7 Å². The highest BCUT2D eigenvalue weighted by atomic mass is 32.2. The number of carbonyl (C=O) groups is 1. The van der Waals surface area contributed by atoms with Crippen LogP contribution in [-0.4, -0.2) is 39.5 Å². The number of rotatable bonds is 5. The van der Waals surface area contributed by atoms with Crippen molar-refractivity contribution in [3.63, 3.8) is 0 Å². The lowest BCUT2D eigenvalue weighted by atomic mass is 10.1. The van der Waals surface area contributed by atoms with Gasteiger partial charge in [0, 0.05) is 12.5 Å². The van der Waals surface area contributed by atoms with Crippen LogP contribution >= 0.6 is 0 Å². The van der Waals surface area contributed by atoms with Crippen LogP contribution in [0, 0.1) is 0 Å². The molecular weight excluding hydrogens is 234 g/mol. The van der Waals surface area contributed by atoms with E-state index >= 15 is 0 Å². The third kappa shape index (κ3) is 4.63. The Balaban J connectivity index is 2.47. The zero-order valence-corrected chi connectivity index (χ0v) is 9.83. The van der Waals surface area contributed by atoms with E-state index in [9.17, 15) is 13.2 Å². The minimum absolute atomic E-state index is 0.0769. The molecule has 0 spiro atoms. The number of amides is 1. The third-order valence-electron chi connectivity index (χ3n) is 2.06. The normalized spacial score (nSPS) is 25.7. The second-order valence-corrected chi connectivity index (χ2v) is 5.26. The Morgan fingerprint density at radius 1 is 1.69 bits per heavy atom. The van der Waals surface area contributed by atoms with E-state index in [1.165, 1.54) is 0 Å². The van der Waals surface area contributed by atoms with E-state index in [0.717, 1.165) is 6.26 Å². The molecule has 1 aliphatic rings. The third-order valence-corrected chi connectivity index (χ3v) is 2.63. The van der Waals surface area contributed by atoms with Crippen molar-refractivity contribution in [2.45, 2.75) is 25.0 Å². The fourth-order valence-electron chi connectivity index (χ4n) is 1.43. The van der Waals surface area contributed by atoms with E-state index in [1.807, 2.05) is 0 Å². The molecule has 0 radical (unpaired) electrons. The zero-order chi connectivity index (χ0) is 12.2. The van der Waals surface area contributed by atoms with Crippen LogP contribution < -0.4 is 5.32 Å². The molecule has 7 heteroatoms. The largest absolute Gasteiger partial charge is 0.444 e. The first kappa shape index (κ1) is 13.0. The first-order valence-corrected chi connectivity index (χ1v) is 6.65. The Hall–Kier alpha value is -1.08. The topological polar surface area (TPSA) is 81.7 Å². The monoisotopic (exact) mass is 249 g/mol. The molecular formula is C9H15NO5S. The van der Waals surface area contributed by atoms with Crippen LogP contribution in [0.15, 0.2) is 12.7 Å². The fourth-order valence-corrected chi connectivity index (χ4v) is 1.83. The van der Waals surface area contributed by atoms with Crippen molar-refractivity contribution in [2.24, 2.45) is 0 Å². The standard InChI is InChI=1S/C9H15NO5S/c1-3-4-7-5-8(15-9(11)10-7)6-14-16(2,12)13/h3,7-8H,1,4-6H2,2H3,(H,10,11)/t7-,8+/m0/s1. The first-order chi connectivity index (χ1) is 7.40. The summed E-state index contributed by atoms with van der Waals surface area (Å²) in [6, 6.07) is -0.0769. The van der Waals surface area contributed by atoms with Crippen molar-refractivity contribution < 1.29 is 22.1 Å². The highest BCUT2D eigenvalue weighted by Gasteiger charge is 2.27. The molecule has 1 fully saturated rings. The fraction of sp³-hybridized carbons (Fsp3) is 0.667. The predicted octanol–water partition coefficient (Wildman–Crippen LogP) is 0.406. The van der Waals surface area contributed by atoms with Crippen LogP contribution in [0.2, 0.25) is 0 Å². The van der Waals surface area contributed by atoms with Gasteiger partial charge in [0.2, 0.25) is 0 Å². The Morgan fingerprint density at radius 3 is 2.94 bits per heavy atom. The molecule has 1 aliphatic heterocycles. The Bertz CT molecular complexity index is 364. The van der Waals surface area contributed by atoms with Gasteiger partial charge in [-0.3, -0.25) is 4.18 Å². The molecule has 0 bridgehead atoms. The number of hydrogen-bond donors (Lipinski definition) is 1. The van der Waals surface area contributed by atoms with Gasteiger partial charge < -0.3 is 10.1 Å². The molecule has 1 amide bonds. The van der Waals surface area contributed by atoms with E-state index in [4.69, 9.17) is 4.74 Å². The average Bonchev–Trinajstić information content (AvgIpc) is 2.13. The van der Waals surface area contributed by atoms with Crippen LogP contribution in [0.3, 0.4) is 0 Å². The lowest BCUT2D eigenvalue weighted by molar-refractivity contribution is 0.0329. The smallest absolute Gasteiger partial charge is 0.407 e. The summed E-state index contributed by atoms with van der Waals surface area (Å²) in [5, 5.41) is 2.61. The number of nitrogens with one attached hydrogen (secondary N) is 1. The minimum Gasteiger partial charge on any atom is -0.444 e. The summed E-state index contributed by atoms with van der Waals surface area (Å²) in [5.41, 5.74) is 0. The van der Waals surface area contributed by atoms with E-state index in [-0.39, 0.29) is 12.6 Å². The van der Waals surface area contributed by atoms with Crippen LogP contribution in [0.1, 0.15) is 12.8 Å². The summed E-state index contributed by atoms with van der Waals surface area (Å²) in [6.07, 6.45) is 2.67. The maximum absolute atomic E-state index is 11.1. The second kappa shape index (κ2) is 5.31. The van der Waals surface area contributed by atoms with Crippen LogP contribution in [0.4, 0.5) is 4.79 Å². The van der Waals surface area contributed by atoms with Crippen LogP contribution in [0.25, 0.3) is 0 Å². The number of alkyl carbamates (subject to hydrolysis) is 1. The van der Waals surface area contributed by atoms with E-state index < -0.39 is 22.3 Å². The number of hydrogen-bond acceptors (Lipinski definition) is 5.